The van der Waals surface area contributed by atoms with Gasteiger partial charge in [-0.3, -0.25) is 4.90 Å². The van der Waals surface area contributed by atoms with Gasteiger partial charge in [-0.25, -0.2) is 8.78 Å². The number of rotatable bonds is 6. The summed E-state index contributed by atoms with van der Waals surface area (Å²) in [5.41, 5.74) is 6.48. The summed E-state index contributed by atoms with van der Waals surface area (Å²) in [6.07, 6.45) is 5.71. The van der Waals surface area contributed by atoms with Gasteiger partial charge in [-0.1, -0.05) is 17.7 Å². The van der Waals surface area contributed by atoms with E-state index < -0.39 is 11.6 Å². The number of nitrogens with one attached hydrogen (secondary N) is 1. The van der Waals surface area contributed by atoms with E-state index in [4.69, 9.17) is 27.1 Å². The second-order valence-corrected chi connectivity index (χ2v) is 14.8. The van der Waals surface area contributed by atoms with E-state index in [-0.39, 0.29) is 60.3 Å². The lowest BCUT2D eigenvalue weighted by atomic mass is 9.92. The molecule has 2 aromatic carbocycles. The average molecular weight is 675 g/mol. The third kappa shape index (κ3) is 5.14. The van der Waals surface area contributed by atoms with E-state index in [1.807, 2.05) is 6.92 Å². The van der Waals surface area contributed by atoms with Crippen LogP contribution in [0, 0.1) is 40.2 Å². The second-order valence-electron chi connectivity index (χ2n) is 13.4. The van der Waals surface area contributed by atoms with Crippen molar-refractivity contribution >= 4 is 54.7 Å². The van der Waals surface area contributed by atoms with Crippen LogP contribution < -0.4 is 20.7 Å². The lowest BCUT2D eigenvalue weighted by molar-refractivity contribution is 0.0674. The summed E-state index contributed by atoms with van der Waals surface area (Å²) in [6.45, 7) is 4.03. The highest BCUT2D eigenvalue weighted by molar-refractivity contribution is 7.23. The number of nitrogens with zero attached hydrogens (tertiary/aromatic N) is 6. The third-order valence-electron chi connectivity index (χ3n) is 10.4. The van der Waals surface area contributed by atoms with Crippen molar-refractivity contribution in [2.75, 3.05) is 30.3 Å². The van der Waals surface area contributed by atoms with E-state index in [1.165, 1.54) is 12.1 Å². The number of nitrogens with two attached hydrogens (primary N) is 1. The summed E-state index contributed by atoms with van der Waals surface area (Å²) in [6, 6.07) is 10.2. The molecule has 0 saturated carbocycles. The van der Waals surface area contributed by atoms with Gasteiger partial charge in [-0.2, -0.15) is 20.5 Å². The van der Waals surface area contributed by atoms with Crippen molar-refractivity contribution in [3.05, 3.63) is 40.4 Å². The van der Waals surface area contributed by atoms with E-state index in [2.05, 4.69) is 32.2 Å². The van der Waals surface area contributed by atoms with Crippen molar-refractivity contribution in [3.8, 4) is 29.3 Å². The number of anilines is 2. The minimum Gasteiger partial charge on any atom is -0.459 e. The first kappa shape index (κ1) is 30.5. The molecular weight excluding hydrogens is 642 g/mol. The normalized spacial score (nSPS) is 26.1. The zero-order valence-corrected chi connectivity index (χ0v) is 27.3. The largest absolute Gasteiger partial charge is 0.459 e. The Morgan fingerprint density at radius 3 is 2.53 bits per heavy atom. The van der Waals surface area contributed by atoms with Gasteiger partial charge in [0.05, 0.1) is 21.4 Å². The van der Waals surface area contributed by atoms with E-state index in [0.717, 1.165) is 49.9 Å². The van der Waals surface area contributed by atoms with E-state index in [0.29, 0.717) is 55.0 Å². The van der Waals surface area contributed by atoms with E-state index >= 15 is 4.39 Å². The summed E-state index contributed by atoms with van der Waals surface area (Å²) in [4.78, 5) is 14.1. The van der Waals surface area contributed by atoms with Crippen LogP contribution in [-0.2, 0) is 0 Å². The van der Waals surface area contributed by atoms with Crippen LogP contribution >= 0.6 is 22.9 Å². The average Bonchev–Trinajstić information content (AvgIpc) is 3.65. The summed E-state index contributed by atoms with van der Waals surface area (Å²) >= 11 is 7.81. The molecule has 4 bridgehead atoms. The second kappa shape index (κ2) is 11.7. The number of nitrogen functional groups attached to an aromatic ring is 1. The molecule has 4 aromatic rings. The first-order chi connectivity index (χ1) is 22.7. The van der Waals surface area contributed by atoms with Crippen molar-refractivity contribution in [2.45, 2.75) is 75.7 Å². The van der Waals surface area contributed by atoms with Gasteiger partial charge < -0.3 is 20.7 Å². The van der Waals surface area contributed by atoms with Crippen LogP contribution in [0.2, 0.25) is 5.02 Å². The highest BCUT2D eigenvalue weighted by Crippen LogP contribution is 2.46. The zero-order valence-electron chi connectivity index (χ0n) is 25.8. The van der Waals surface area contributed by atoms with Crippen molar-refractivity contribution < 1.29 is 13.5 Å². The molecule has 4 saturated heterocycles. The van der Waals surface area contributed by atoms with E-state index in [1.54, 1.807) is 6.07 Å². The van der Waals surface area contributed by atoms with Gasteiger partial charge in [0.1, 0.15) is 34.3 Å². The van der Waals surface area contributed by atoms with Crippen LogP contribution in [0.4, 0.5) is 19.6 Å². The fourth-order valence-corrected chi connectivity index (χ4v) is 9.61. The molecule has 0 radical (unpaired) electrons. The molecule has 0 spiro atoms. The summed E-state index contributed by atoms with van der Waals surface area (Å²) in [5, 5.41) is 23.9. The molecule has 8 rings (SSSR count). The number of ether oxygens (including phenoxy) is 1. The third-order valence-corrected chi connectivity index (χ3v) is 11.7. The predicted octanol–water partition coefficient (Wildman–Crippen LogP) is 6.37. The standard InChI is InChI=1S/C34H33ClF2N8OS/c1-16(13-45-20-4-5-21(45)9-17(8-20)11-38)46-34-42-30-23(33(43-34)44-14-18-2-3-19(15-44)41-18)10-25(35)28(29(30)37)22-6-7-26(36)31-27(22)24(12-39)32(40)47-31/h6-7,10,16-21,41H,2-5,8-9,13-15,40H2,1H3/t16-,17?,18?,19?,20?,21?/m0/s1. The fraction of sp³-hybridized carbons (Fsp3) is 0.471. The number of halogens is 3. The van der Waals surface area contributed by atoms with Gasteiger partial charge in [0.25, 0.3) is 0 Å². The minimum absolute atomic E-state index is 0.0134. The lowest BCUT2D eigenvalue weighted by Gasteiger charge is -2.38. The number of thiophene rings is 1. The maximum atomic E-state index is 17.0. The molecule has 2 aromatic heterocycles. The number of hydrogen-bond donors (Lipinski definition) is 2. The molecule has 0 amide bonds. The fourth-order valence-electron chi connectivity index (χ4n) is 8.37. The molecule has 4 unspecified atom stereocenters. The number of aromatic nitrogens is 2. The van der Waals surface area contributed by atoms with Crippen molar-refractivity contribution in [1.29, 1.82) is 10.5 Å². The summed E-state index contributed by atoms with van der Waals surface area (Å²) < 4.78 is 38.4. The molecule has 0 aliphatic carbocycles. The zero-order chi connectivity index (χ0) is 32.6. The monoisotopic (exact) mass is 674 g/mol. The summed E-state index contributed by atoms with van der Waals surface area (Å²) in [5.74, 6) is -0.599. The van der Waals surface area contributed by atoms with Crippen LogP contribution in [-0.4, -0.2) is 64.8 Å². The Labute approximate surface area is 279 Å². The first-order valence-corrected chi connectivity index (χ1v) is 17.4. The number of fused-ring (bicyclic) bond motifs is 6. The number of hydrogen-bond acceptors (Lipinski definition) is 10. The molecule has 47 heavy (non-hydrogen) atoms. The highest BCUT2D eigenvalue weighted by Gasteiger charge is 2.41. The molecular formula is C34H33ClF2N8OS. The Hall–Kier alpha value is -3.81. The molecule has 4 aliphatic rings. The number of nitriles is 2. The van der Waals surface area contributed by atoms with Crippen LogP contribution in [0.1, 0.15) is 51.0 Å². The first-order valence-electron chi connectivity index (χ1n) is 16.2. The van der Waals surface area contributed by atoms with Gasteiger partial charge in [-0.15, -0.1) is 11.3 Å². The number of piperazine rings is 1. The van der Waals surface area contributed by atoms with Crippen molar-refractivity contribution in [3.63, 3.8) is 0 Å². The van der Waals surface area contributed by atoms with Crippen molar-refractivity contribution in [1.82, 2.24) is 20.2 Å². The Bertz CT molecular complexity index is 1980. The predicted molar refractivity (Wildman–Crippen MR) is 179 cm³/mol. The van der Waals surface area contributed by atoms with Gasteiger partial charge in [0.15, 0.2) is 5.82 Å². The molecule has 4 fully saturated rings. The lowest BCUT2D eigenvalue weighted by Crippen LogP contribution is -2.51. The quantitative estimate of drug-likeness (QED) is 0.240. The number of piperidine rings is 1. The van der Waals surface area contributed by atoms with Gasteiger partial charge in [0, 0.05) is 66.1 Å². The topological polar surface area (TPSA) is 127 Å². The maximum Gasteiger partial charge on any atom is 0.319 e. The van der Waals surface area contributed by atoms with Crippen molar-refractivity contribution in [2.24, 2.45) is 5.92 Å². The Balaban J connectivity index is 1.22. The van der Waals surface area contributed by atoms with Crippen LogP contribution in [0.15, 0.2) is 18.2 Å². The molecule has 3 N–H and O–H groups in total. The Kier molecular flexibility index (Phi) is 7.60. The highest BCUT2D eigenvalue weighted by atomic mass is 35.5. The van der Waals surface area contributed by atoms with Crippen LogP contribution in [0.25, 0.3) is 32.1 Å². The minimum atomic E-state index is -0.704. The van der Waals surface area contributed by atoms with Crippen LogP contribution in [0.3, 0.4) is 0 Å². The van der Waals surface area contributed by atoms with E-state index in [9.17, 15) is 14.9 Å². The van der Waals surface area contributed by atoms with Gasteiger partial charge in [-0.05, 0) is 63.1 Å². The maximum absolute atomic E-state index is 17.0. The SMILES string of the molecule is C[C@@H](CN1C2CCC1CC(C#N)C2)Oc1nc(N2CC3CCC(C2)N3)c2cc(Cl)c(-c3ccc(F)c4sc(N)c(C#N)c34)c(F)c2n1. The van der Waals surface area contributed by atoms with Gasteiger partial charge in [0.2, 0.25) is 0 Å². The number of benzene rings is 2. The molecule has 5 atom stereocenters. The molecule has 9 nitrogen and oxygen atoms in total. The molecule has 242 valence electrons. The van der Waals surface area contributed by atoms with Crippen LogP contribution in [0.5, 0.6) is 6.01 Å². The molecule has 6 heterocycles. The molecule has 13 heteroatoms. The van der Waals surface area contributed by atoms with Gasteiger partial charge >= 0.3 is 6.01 Å². The Morgan fingerprint density at radius 2 is 1.85 bits per heavy atom. The molecule has 4 aliphatic heterocycles. The summed E-state index contributed by atoms with van der Waals surface area (Å²) in [7, 11) is 0. The Morgan fingerprint density at radius 1 is 1.13 bits per heavy atom. The smallest absolute Gasteiger partial charge is 0.319 e.